The molecule has 0 atom stereocenters. The van der Waals surface area contributed by atoms with E-state index in [2.05, 4.69) is 0 Å². The molecule has 2 aliphatic rings. The summed E-state index contributed by atoms with van der Waals surface area (Å²) in [6.45, 7) is 2.27. The van der Waals surface area contributed by atoms with E-state index in [1.165, 1.54) is 18.2 Å². The van der Waals surface area contributed by atoms with Gasteiger partial charge in [-0.25, -0.2) is 4.99 Å². The average Bonchev–Trinajstić information content (AvgIpc) is 2.88. The third kappa shape index (κ3) is 3.72. The third-order valence-electron chi connectivity index (χ3n) is 4.93. The molecule has 6 nitrogen and oxygen atoms in total. The van der Waals surface area contributed by atoms with E-state index in [4.69, 9.17) is 19.9 Å². The van der Waals surface area contributed by atoms with Crippen molar-refractivity contribution < 1.29 is 14.3 Å². The van der Waals surface area contributed by atoms with Crippen LogP contribution < -0.4 is 4.74 Å². The third-order valence-corrected chi connectivity index (χ3v) is 6.01. The number of esters is 1. The fourth-order valence-electron chi connectivity index (χ4n) is 3.63. The number of rotatable bonds is 5. The number of carbonyl (C=O) groups excluding carboxylic acids is 1. The van der Waals surface area contributed by atoms with Gasteiger partial charge in [0, 0.05) is 0 Å². The van der Waals surface area contributed by atoms with Gasteiger partial charge in [0.15, 0.2) is 5.17 Å². The number of carbonyl (C=O) groups is 1. The van der Waals surface area contributed by atoms with E-state index in [1.807, 2.05) is 29.2 Å². The summed E-state index contributed by atoms with van der Waals surface area (Å²) in [5.74, 6) is 0.505. The molecular formula is C19H25N3O3S. The number of hydrogen-bond acceptors (Lipinski definition) is 6. The van der Waals surface area contributed by atoms with Crippen LogP contribution in [0.15, 0.2) is 29.3 Å². The summed E-state index contributed by atoms with van der Waals surface area (Å²) in [4.78, 5) is 18.8. The Morgan fingerprint density at radius 2 is 1.96 bits per heavy atom. The van der Waals surface area contributed by atoms with Gasteiger partial charge < -0.3 is 14.4 Å². The molecule has 1 aromatic rings. The summed E-state index contributed by atoms with van der Waals surface area (Å²) >= 11 is 1.36. The molecule has 0 aromatic heterocycles. The van der Waals surface area contributed by atoms with Gasteiger partial charge in [-0.15, -0.1) is 0 Å². The lowest BCUT2D eigenvalue weighted by molar-refractivity contribution is -0.144. The fraction of sp³-hybridized carbons (Fsp3) is 0.526. The maximum absolute atomic E-state index is 12.1. The molecular weight excluding hydrogens is 350 g/mol. The van der Waals surface area contributed by atoms with E-state index >= 15 is 0 Å². The maximum atomic E-state index is 12.1. The van der Waals surface area contributed by atoms with Gasteiger partial charge in [-0.3, -0.25) is 10.2 Å². The minimum Gasteiger partial charge on any atom is -0.497 e. The zero-order valence-corrected chi connectivity index (χ0v) is 16.1. The number of methoxy groups -OCH3 is 1. The van der Waals surface area contributed by atoms with Gasteiger partial charge >= 0.3 is 5.97 Å². The summed E-state index contributed by atoms with van der Waals surface area (Å²) in [6, 6.07) is 7.60. The second kappa shape index (κ2) is 8.12. The van der Waals surface area contributed by atoms with Crippen LogP contribution in [0.4, 0.5) is 5.69 Å². The van der Waals surface area contributed by atoms with E-state index in [0.29, 0.717) is 11.8 Å². The number of nitrogens with zero attached hydrogens (tertiary/aromatic N) is 2. The molecule has 0 unspecified atom stereocenters. The van der Waals surface area contributed by atoms with Crippen molar-refractivity contribution >= 4 is 33.6 Å². The van der Waals surface area contributed by atoms with Gasteiger partial charge in [-0.05, 0) is 55.8 Å². The van der Waals surface area contributed by atoms with E-state index < -0.39 is 0 Å². The van der Waals surface area contributed by atoms with E-state index in [1.54, 1.807) is 14.0 Å². The van der Waals surface area contributed by atoms with Gasteiger partial charge in [-0.1, -0.05) is 19.3 Å². The Bertz CT molecular complexity index is 696. The number of amidine groups is 1. The Kier molecular flexibility index (Phi) is 5.86. The lowest BCUT2D eigenvalue weighted by Crippen LogP contribution is -2.52. The largest absolute Gasteiger partial charge is 0.497 e. The highest BCUT2D eigenvalue weighted by Crippen LogP contribution is 2.45. The van der Waals surface area contributed by atoms with E-state index in [0.717, 1.165) is 42.2 Å². The van der Waals surface area contributed by atoms with Crippen molar-refractivity contribution in [3.8, 4) is 5.75 Å². The number of hydrogen-bond donors (Lipinski definition) is 1. The molecule has 0 radical (unpaired) electrons. The quantitative estimate of drug-likeness (QED) is 0.788. The van der Waals surface area contributed by atoms with E-state index in [9.17, 15) is 4.79 Å². The molecule has 1 N–H and O–H groups in total. The monoisotopic (exact) mass is 375 g/mol. The highest BCUT2D eigenvalue weighted by molar-refractivity contribution is 8.27. The fourth-order valence-corrected chi connectivity index (χ4v) is 4.82. The summed E-state index contributed by atoms with van der Waals surface area (Å²) in [6.07, 6.45) is 5.17. The van der Waals surface area contributed by atoms with Crippen molar-refractivity contribution in [2.24, 2.45) is 4.99 Å². The lowest BCUT2D eigenvalue weighted by atomic mass is 9.81. The first-order valence-corrected chi connectivity index (χ1v) is 9.83. The molecule has 1 aromatic carbocycles. The Morgan fingerprint density at radius 3 is 2.58 bits per heavy atom. The second-order valence-corrected chi connectivity index (χ2v) is 7.48. The standard InChI is InChI=1S/C19H25N3O3S/c1-3-25-16(23)13-22-18(20)26-17(19(22)11-5-4-6-12-19)21-14-7-9-15(24-2)10-8-14/h7-10,20H,3-6,11-13H2,1-2H3. The summed E-state index contributed by atoms with van der Waals surface area (Å²) < 4.78 is 10.3. The molecule has 1 heterocycles. The molecule has 1 saturated carbocycles. The van der Waals surface area contributed by atoms with Gasteiger partial charge in [-0.2, -0.15) is 0 Å². The van der Waals surface area contributed by atoms with Crippen molar-refractivity contribution in [3.05, 3.63) is 24.3 Å². The molecule has 1 saturated heterocycles. The van der Waals surface area contributed by atoms with Crippen molar-refractivity contribution in [2.75, 3.05) is 20.3 Å². The van der Waals surface area contributed by atoms with Crippen LogP contribution in [0, 0.1) is 5.41 Å². The van der Waals surface area contributed by atoms with Gasteiger partial charge in [0.05, 0.1) is 24.9 Å². The maximum Gasteiger partial charge on any atom is 0.325 e. The summed E-state index contributed by atoms with van der Waals surface area (Å²) in [5, 5.41) is 9.73. The van der Waals surface area contributed by atoms with E-state index in [-0.39, 0.29) is 18.1 Å². The Hall–Kier alpha value is -2.02. The summed E-state index contributed by atoms with van der Waals surface area (Å²) in [5.41, 5.74) is 0.483. The predicted octanol–water partition coefficient (Wildman–Crippen LogP) is 3.97. The molecule has 1 spiro atoms. The second-order valence-electron chi connectivity index (χ2n) is 6.51. The van der Waals surface area contributed by atoms with Gasteiger partial charge in [0.2, 0.25) is 0 Å². The summed E-state index contributed by atoms with van der Waals surface area (Å²) in [7, 11) is 1.64. The number of nitrogens with one attached hydrogen (secondary N) is 1. The molecule has 140 valence electrons. The minimum absolute atomic E-state index is 0.112. The van der Waals surface area contributed by atoms with Crippen LogP contribution in [-0.4, -0.2) is 46.9 Å². The Morgan fingerprint density at radius 1 is 1.27 bits per heavy atom. The molecule has 1 aliphatic carbocycles. The topological polar surface area (TPSA) is 75.0 Å². The highest BCUT2D eigenvalue weighted by atomic mass is 32.2. The number of aliphatic imine (C=N–C) groups is 1. The zero-order valence-electron chi connectivity index (χ0n) is 15.3. The average molecular weight is 375 g/mol. The Labute approximate surface area is 158 Å². The number of benzene rings is 1. The van der Waals surface area contributed by atoms with Crippen molar-refractivity contribution in [3.63, 3.8) is 0 Å². The first-order valence-electron chi connectivity index (χ1n) is 9.02. The highest BCUT2D eigenvalue weighted by Gasteiger charge is 2.50. The number of ether oxygens (including phenoxy) is 2. The van der Waals surface area contributed by atoms with Crippen LogP contribution in [0.3, 0.4) is 0 Å². The smallest absolute Gasteiger partial charge is 0.325 e. The van der Waals surface area contributed by atoms with Crippen LogP contribution in [0.2, 0.25) is 0 Å². The first kappa shape index (κ1) is 18.8. The predicted molar refractivity (Wildman–Crippen MR) is 105 cm³/mol. The molecule has 0 bridgehead atoms. The molecule has 3 rings (SSSR count). The van der Waals surface area contributed by atoms with Crippen LogP contribution in [0.1, 0.15) is 39.0 Å². The van der Waals surface area contributed by atoms with Crippen LogP contribution >= 0.6 is 11.8 Å². The SMILES string of the molecule is CCOC(=O)CN1C(=N)SC(=Nc2ccc(OC)cc2)C12CCCCC2. The van der Waals surface area contributed by atoms with Gasteiger partial charge in [0.1, 0.15) is 17.3 Å². The molecule has 26 heavy (non-hydrogen) atoms. The molecule has 0 amide bonds. The van der Waals surface area contributed by atoms with Crippen LogP contribution in [0.5, 0.6) is 5.75 Å². The minimum atomic E-state index is -0.354. The van der Waals surface area contributed by atoms with Crippen LogP contribution in [-0.2, 0) is 9.53 Å². The lowest BCUT2D eigenvalue weighted by Gasteiger charge is -2.40. The Balaban J connectivity index is 1.91. The number of thioether (sulfide) groups is 1. The van der Waals surface area contributed by atoms with Gasteiger partial charge in [0.25, 0.3) is 0 Å². The first-order chi connectivity index (χ1) is 12.6. The molecule has 1 aliphatic heterocycles. The normalized spacial score (nSPS) is 20.6. The van der Waals surface area contributed by atoms with Crippen molar-refractivity contribution in [1.82, 2.24) is 4.90 Å². The van der Waals surface area contributed by atoms with Crippen molar-refractivity contribution in [1.29, 1.82) is 5.41 Å². The van der Waals surface area contributed by atoms with Crippen molar-refractivity contribution in [2.45, 2.75) is 44.6 Å². The zero-order chi connectivity index (χ0) is 18.6. The van der Waals surface area contributed by atoms with Crippen LogP contribution in [0.25, 0.3) is 0 Å². The molecule has 2 fully saturated rings. The molecule has 7 heteroatoms.